The third-order valence-electron chi connectivity index (χ3n) is 1.75. The Morgan fingerprint density at radius 1 is 1.60 bits per heavy atom. The number of hydrogen-bond donors (Lipinski definition) is 2. The highest BCUT2D eigenvalue weighted by molar-refractivity contribution is 5.93. The van der Waals surface area contributed by atoms with Crippen molar-refractivity contribution >= 4 is 12.2 Å². The highest BCUT2D eigenvalue weighted by Crippen LogP contribution is 2.22. The second-order valence-corrected chi connectivity index (χ2v) is 2.62. The van der Waals surface area contributed by atoms with Gasteiger partial charge in [0.25, 0.3) is 0 Å². The molecule has 2 N–H and O–H groups in total. The van der Waals surface area contributed by atoms with Gasteiger partial charge in [0.05, 0.1) is 13.3 Å². The molecule has 0 saturated carbocycles. The Balaban J connectivity index is 3.36. The minimum Gasteiger partial charge on any atom is -0.496 e. The Morgan fingerprint density at radius 2 is 2.27 bits per heavy atom. The number of oxime groups is 1. The molecule has 0 atom stereocenters. The van der Waals surface area contributed by atoms with Crippen LogP contribution in [0.25, 0.3) is 0 Å². The van der Waals surface area contributed by atoms with Crippen LogP contribution >= 0.6 is 0 Å². The first-order valence-electron chi connectivity index (χ1n) is 3.88. The number of aromatic carboxylic acids is 1. The van der Waals surface area contributed by atoms with Crippen molar-refractivity contribution < 1.29 is 24.2 Å². The zero-order valence-corrected chi connectivity index (χ0v) is 7.77. The van der Waals surface area contributed by atoms with Crippen molar-refractivity contribution in [2.24, 2.45) is 5.16 Å². The predicted octanol–water partition coefficient (Wildman–Crippen LogP) is 1.34. The molecule has 0 amide bonds. The Labute approximate surface area is 84.4 Å². The number of carboxylic acid groups (broad SMARTS) is 1. The average Bonchev–Trinajstić information content (AvgIpc) is 2.20. The van der Waals surface area contributed by atoms with Crippen LogP contribution in [0.4, 0.5) is 4.39 Å². The fraction of sp³-hybridized carbons (Fsp3) is 0.111. The van der Waals surface area contributed by atoms with E-state index < -0.39 is 11.8 Å². The van der Waals surface area contributed by atoms with Gasteiger partial charge in [0.2, 0.25) is 0 Å². The quantitative estimate of drug-likeness (QED) is 0.451. The second-order valence-electron chi connectivity index (χ2n) is 2.62. The molecule has 1 rings (SSSR count). The van der Waals surface area contributed by atoms with Crippen LogP contribution in [0.5, 0.6) is 5.75 Å². The first kappa shape index (κ1) is 11.0. The molecule has 6 heteroatoms. The SMILES string of the molecule is COc1cc(F)c(/C=N/O)cc1C(=O)O. The van der Waals surface area contributed by atoms with E-state index in [1.807, 2.05) is 0 Å². The van der Waals surface area contributed by atoms with E-state index in [0.717, 1.165) is 18.3 Å². The number of methoxy groups -OCH3 is 1. The maximum atomic E-state index is 13.2. The molecular weight excluding hydrogens is 205 g/mol. The lowest BCUT2D eigenvalue weighted by Gasteiger charge is -2.06. The van der Waals surface area contributed by atoms with Gasteiger partial charge >= 0.3 is 5.97 Å². The van der Waals surface area contributed by atoms with Gasteiger partial charge in [0, 0.05) is 11.6 Å². The molecule has 0 aromatic heterocycles. The first-order chi connectivity index (χ1) is 7.10. The summed E-state index contributed by atoms with van der Waals surface area (Å²) in [6.45, 7) is 0. The number of hydrogen-bond acceptors (Lipinski definition) is 4. The molecule has 1 aromatic carbocycles. The zero-order chi connectivity index (χ0) is 11.4. The summed E-state index contributed by atoms with van der Waals surface area (Å²) in [6.07, 6.45) is 0.807. The summed E-state index contributed by atoms with van der Waals surface area (Å²) in [4.78, 5) is 10.7. The first-order valence-corrected chi connectivity index (χ1v) is 3.88. The lowest BCUT2D eigenvalue weighted by atomic mass is 10.1. The number of carboxylic acids is 1. The standard InChI is InChI=1S/C9H8FNO4/c1-15-8-3-7(10)5(4-11-14)2-6(8)9(12)13/h2-4,14H,1H3,(H,12,13)/b11-4+. The van der Waals surface area contributed by atoms with E-state index in [1.165, 1.54) is 7.11 Å². The van der Waals surface area contributed by atoms with E-state index in [0.29, 0.717) is 0 Å². The molecule has 15 heavy (non-hydrogen) atoms. The van der Waals surface area contributed by atoms with Gasteiger partial charge in [0.15, 0.2) is 0 Å². The Bertz CT molecular complexity index is 417. The molecular formula is C9H8FNO4. The van der Waals surface area contributed by atoms with Gasteiger partial charge in [-0.2, -0.15) is 0 Å². The van der Waals surface area contributed by atoms with Crippen molar-refractivity contribution in [2.45, 2.75) is 0 Å². The maximum Gasteiger partial charge on any atom is 0.339 e. The minimum atomic E-state index is -1.25. The highest BCUT2D eigenvalue weighted by atomic mass is 19.1. The van der Waals surface area contributed by atoms with Crippen LogP contribution in [0.15, 0.2) is 17.3 Å². The number of carbonyl (C=O) groups is 1. The predicted molar refractivity (Wildman–Crippen MR) is 49.3 cm³/mol. The average molecular weight is 213 g/mol. The van der Waals surface area contributed by atoms with Crippen LogP contribution in [0.2, 0.25) is 0 Å². The normalized spacial score (nSPS) is 10.5. The van der Waals surface area contributed by atoms with E-state index in [9.17, 15) is 9.18 Å². The summed E-state index contributed by atoms with van der Waals surface area (Å²) in [5.74, 6) is -2.07. The fourth-order valence-electron chi connectivity index (χ4n) is 1.07. The number of halogens is 1. The molecule has 0 saturated heterocycles. The molecule has 0 unspecified atom stereocenters. The van der Waals surface area contributed by atoms with Crippen LogP contribution in [-0.2, 0) is 0 Å². The van der Waals surface area contributed by atoms with Crippen LogP contribution in [0.1, 0.15) is 15.9 Å². The molecule has 80 valence electrons. The summed E-state index contributed by atoms with van der Waals surface area (Å²) in [7, 11) is 1.24. The fourth-order valence-corrected chi connectivity index (χ4v) is 1.07. The van der Waals surface area contributed by atoms with Crippen molar-refractivity contribution in [3.63, 3.8) is 0 Å². The van der Waals surface area contributed by atoms with Gasteiger partial charge in [-0.1, -0.05) is 5.16 Å². The monoisotopic (exact) mass is 213 g/mol. The summed E-state index contributed by atoms with van der Waals surface area (Å²) < 4.78 is 17.9. The largest absolute Gasteiger partial charge is 0.496 e. The highest BCUT2D eigenvalue weighted by Gasteiger charge is 2.14. The van der Waals surface area contributed by atoms with Crippen LogP contribution in [-0.4, -0.2) is 29.6 Å². The molecule has 0 aliphatic heterocycles. The summed E-state index contributed by atoms with van der Waals surface area (Å²) in [5.41, 5.74) is -0.329. The summed E-state index contributed by atoms with van der Waals surface area (Å²) >= 11 is 0. The molecule has 1 aromatic rings. The molecule has 5 nitrogen and oxygen atoms in total. The number of ether oxygens (including phenoxy) is 1. The molecule has 0 radical (unpaired) electrons. The number of rotatable bonds is 3. The van der Waals surface area contributed by atoms with Crippen molar-refractivity contribution in [3.05, 3.63) is 29.1 Å². The lowest BCUT2D eigenvalue weighted by Crippen LogP contribution is -2.03. The van der Waals surface area contributed by atoms with E-state index in [1.54, 1.807) is 0 Å². The Morgan fingerprint density at radius 3 is 2.73 bits per heavy atom. The molecule has 0 spiro atoms. The molecule has 0 fully saturated rings. The second kappa shape index (κ2) is 4.41. The van der Waals surface area contributed by atoms with Gasteiger partial charge in [-0.15, -0.1) is 0 Å². The topological polar surface area (TPSA) is 79.1 Å². The van der Waals surface area contributed by atoms with E-state index >= 15 is 0 Å². The van der Waals surface area contributed by atoms with Gasteiger partial charge < -0.3 is 15.1 Å². The Hall–Kier alpha value is -2.11. The van der Waals surface area contributed by atoms with Gasteiger partial charge in [-0.05, 0) is 6.07 Å². The van der Waals surface area contributed by atoms with Crippen LogP contribution < -0.4 is 4.74 Å². The van der Waals surface area contributed by atoms with Crippen molar-refractivity contribution in [2.75, 3.05) is 7.11 Å². The number of benzene rings is 1. The molecule has 0 bridgehead atoms. The Kier molecular flexibility index (Phi) is 3.22. The molecule has 0 aliphatic carbocycles. The third kappa shape index (κ3) is 2.22. The molecule has 0 aliphatic rings. The smallest absolute Gasteiger partial charge is 0.339 e. The maximum absolute atomic E-state index is 13.2. The van der Waals surface area contributed by atoms with E-state index in [4.69, 9.17) is 15.1 Å². The molecule has 0 heterocycles. The van der Waals surface area contributed by atoms with Crippen molar-refractivity contribution in [1.29, 1.82) is 0 Å². The summed E-state index contributed by atoms with van der Waals surface area (Å²) in [5, 5.41) is 19.6. The third-order valence-corrected chi connectivity index (χ3v) is 1.75. The van der Waals surface area contributed by atoms with Crippen molar-refractivity contribution in [3.8, 4) is 5.75 Å². The van der Waals surface area contributed by atoms with E-state index in [2.05, 4.69) is 5.16 Å². The minimum absolute atomic E-state index is 0.0879. The zero-order valence-electron chi connectivity index (χ0n) is 7.77. The van der Waals surface area contributed by atoms with Crippen LogP contribution in [0.3, 0.4) is 0 Å². The van der Waals surface area contributed by atoms with E-state index in [-0.39, 0.29) is 16.9 Å². The van der Waals surface area contributed by atoms with Crippen LogP contribution in [0, 0.1) is 5.82 Å². The lowest BCUT2D eigenvalue weighted by molar-refractivity contribution is 0.0693. The van der Waals surface area contributed by atoms with Crippen molar-refractivity contribution in [1.82, 2.24) is 0 Å². The summed E-state index contributed by atoms with van der Waals surface area (Å²) in [6, 6.07) is 1.94. The number of nitrogens with zero attached hydrogens (tertiary/aromatic N) is 1. The van der Waals surface area contributed by atoms with Gasteiger partial charge in [-0.3, -0.25) is 0 Å². The van der Waals surface area contributed by atoms with Gasteiger partial charge in [-0.25, -0.2) is 9.18 Å². The van der Waals surface area contributed by atoms with Gasteiger partial charge in [0.1, 0.15) is 17.1 Å².